The Balaban J connectivity index is 2.43. The molecule has 0 bridgehead atoms. The summed E-state index contributed by atoms with van der Waals surface area (Å²) in [7, 11) is 1.69. The summed E-state index contributed by atoms with van der Waals surface area (Å²) in [4.78, 5) is 10.8. The molecular weight excluding hydrogens is 212 g/mol. The molecule has 1 aliphatic rings. The first-order valence-corrected chi connectivity index (χ1v) is 6.26. The minimum atomic E-state index is 0.149. The van der Waals surface area contributed by atoms with Crippen molar-refractivity contribution < 1.29 is 9.53 Å². The van der Waals surface area contributed by atoms with Crippen LogP contribution in [-0.2, 0) is 10.2 Å². The van der Waals surface area contributed by atoms with Gasteiger partial charge in [0.2, 0.25) is 6.29 Å². The van der Waals surface area contributed by atoms with Crippen molar-refractivity contribution in [2.24, 2.45) is 0 Å². The van der Waals surface area contributed by atoms with Gasteiger partial charge in [0.05, 0.1) is 7.11 Å². The average Bonchev–Trinajstić information content (AvgIpc) is 2.39. The summed E-state index contributed by atoms with van der Waals surface area (Å²) in [5.41, 5.74) is 1.93. The van der Waals surface area contributed by atoms with Gasteiger partial charge in [0.1, 0.15) is 5.75 Å². The van der Waals surface area contributed by atoms with Gasteiger partial charge in [0, 0.05) is 11.1 Å². The van der Waals surface area contributed by atoms with Crippen molar-refractivity contribution in [3.8, 4) is 5.75 Å². The van der Waals surface area contributed by atoms with Crippen LogP contribution in [-0.4, -0.2) is 13.4 Å². The van der Waals surface area contributed by atoms with Gasteiger partial charge in [-0.25, -0.2) is 0 Å². The smallest absolute Gasteiger partial charge is 0.233 e. The second-order valence-corrected chi connectivity index (χ2v) is 5.14. The van der Waals surface area contributed by atoms with Crippen LogP contribution in [0.2, 0.25) is 0 Å². The predicted octanol–water partition coefficient (Wildman–Crippen LogP) is 3.37. The maximum Gasteiger partial charge on any atom is 0.233 e. The van der Waals surface area contributed by atoms with Crippen molar-refractivity contribution in [2.45, 2.75) is 44.4 Å². The van der Waals surface area contributed by atoms with E-state index in [9.17, 15) is 4.79 Å². The molecule has 0 aromatic heterocycles. The summed E-state index contributed by atoms with van der Waals surface area (Å²) < 4.78 is 5.43. The topological polar surface area (TPSA) is 26.3 Å². The standard InChI is InChI=1S/C15H19O2/c1-15(8-4-3-5-9-15)13-10-12(11-16)6-7-14(13)17-2/h6-7,10H,3-5,8-9H2,1-2H3. The molecule has 1 fully saturated rings. The molecule has 17 heavy (non-hydrogen) atoms. The Hall–Kier alpha value is -1.31. The number of carbonyl (C=O) groups excluding carboxylic acids is 1. The molecule has 0 spiro atoms. The molecule has 1 saturated carbocycles. The number of methoxy groups -OCH3 is 1. The maximum atomic E-state index is 10.8. The lowest BCUT2D eigenvalue weighted by molar-refractivity contribution is 0.304. The number of ether oxygens (including phenoxy) is 1. The van der Waals surface area contributed by atoms with Gasteiger partial charge in [-0.15, -0.1) is 0 Å². The fourth-order valence-corrected chi connectivity index (χ4v) is 2.84. The second kappa shape index (κ2) is 4.91. The van der Waals surface area contributed by atoms with Gasteiger partial charge in [0.15, 0.2) is 0 Å². The molecule has 2 nitrogen and oxygen atoms in total. The Kier molecular flexibility index (Phi) is 3.51. The molecule has 91 valence electrons. The Bertz CT molecular complexity index is 403. The Morgan fingerprint density at radius 1 is 1.24 bits per heavy atom. The zero-order chi connectivity index (χ0) is 12.3. The fraction of sp³-hybridized carbons (Fsp3) is 0.533. The minimum Gasteiger partial charge on any atom is -0.496 e. The molecule has 0 heterocycles. The van der Waals surface area contributed by atoms with Crippen LogP contribution in [0.25, 0.3) is 0 Å². The number of rotatable bonds is 3. The first-order chi connectivity index (χ1) is 8.19. The lowest BCUT2D eigenvalue weighted by atomic mass is 9.70. The van der Waals surface area contributed by atoms with E-state index in [0.717, 1.165) is 5.75 Å². The number of hydrogen-bond acceptors (Lipinski definition) is 2. The van der Waals surface area contributed by atoms with E-state index in [0.29, 0.717) is 5.56 Å². The van der Waals surface area contributed by atoms with E-state index in [1.165, 1.54) is 37.7 Å². The van der Waals surface area contributed by atoms with E-state index in [1.54, 1.807) is 13.2 Å². The molecule has 1 aromatic carbocycles. The quantitative estimate of drug-likeness (QED) is 0.797. The highest BCUT2D eigenvalue weighted by molar-refractivity contribution is 5.76. The minimum absolute atomic E-state index is 0.149. The van der Waals surface area contributed by atoms with Crippen LogP contribution < -0.4 is 4.74 Å². The fourth-order valence-electron chi connectivity index (χ4n) is 2.84. The van der Waals surface area contributed by atoms with E-state index in [1.807, 2.05) is 18.4 Å². The van der Waals surface area contributed by atoms with Gasteiger partial charge in [-0.2, -0.15) is 0 Å². The molecule has 0 saturated heterocycles. The van der Waals surface area contributed by atoms with E-state index in [-0.39, 0.29) is 5.41 Å². The third-order valence-corrected chi connectivity index (χ3v) is 3.92. The van der Waals surface area contributed by atoms with Crippen molar-refractivity contribution in [3.63, 3.8) is 0 Å². The van der Waals surface area contributed by atoms with Gasteiger partial charge in [-0.05, 0) is 36.5 Å². The summed E-state index contributed by atoms with van der Waals surface area (Å²) in [5, 5.41) is 0. The van der Waals surface area contributed by atoms with Crippen molar-refractivity contribution >= 4 is 6.29 Å². The molecule has 0 amide bonds. The molecule has 0 N–H and O–H groups in total. The second-order valence-electron chi connectivity index (χ2n) is 5.14. The Morgan fingerprint density at radius 3 is 2.53 bits per heavy atom. The van der Waals surface area contributed by atoms with Gasteiger partial charge in [-0.3, -0.25) is 4.79 Å². The molecule has 1 aromatic rings. The summed E-state index contributed by atoms with van der Waals surface area (Å²) >= 11 is 0. The molecule has 0 aliphatic heterocycles. The lowest BCUT2D eigenvalue weighted by Crippen LogP contribution is -2.25. The van der Waals surface area contributed by atoms with E-state index in [4.69, 9.17) is 4.74 Å². The number of hydrogen-bond donors (Lipinski definition) is 0. The third-order valence-electron chi connectivity index (χ3n) is 3.92. The molecule has 1 aliphatic carbocycles. The Labute approximate surface area is 103 Å². The number of benzene rings is 1. The normalized spacial score (nSPS) is 18.7. The van der Waals surface area contributed by atoms with Gasteiger partial charge in [0.25, 0.3) is 0 Å². The average molecular weight is 231 g/mol. The first-order valence-electron chi connectivity index (χ1n) is 6.26. The molecule has 2 rings (SSSR count). The van der Waals surface area contributed by atoms with Gasteiger partial charge in [-0.1, -0.05) is 26.2 Å². The first kappa shape index (κ1) is 12.2. The van der Waals surface area contributed by atoms with Gasteiger partial charge < -0.3 is 4.74 Å². The van der Waals surface area contributed by atoms with E-state index in [2.05, 4.69) is 6.92 Å². The SMILES string of the molecule is COc1ccc([C]=O)cc1C1(C)CCCCC1. The van der Waals surface area contributed by atoms with Crippen molar-refractivity contribution in [2.75, 3.05) is 7.11 Å². The van der Waals surface area contributed by atoms with Gasteiger partial charge >= 0.3 is 0 Å². The van der Waals surface area contributed by atoms with Crippen LogP contribution in [0.3, 0.4) is 0 Å². The van der Waals surface area contributed by atoms with Crippen molar-refractivity contribution in [1.82, 2.24) is 0 Å². The van der Waals surface area contributed by atoms with Crippen LogP contribution in [0.5, 0.6) is 5.75 Å². The lowest BCUT2D eigenvalue weighted by Gasteiger charge is -2.35. The maximum absolute atomic E-state index is 10.8. The van der Waals surface area contributed by atoms with E-state index < -0.39 is 0 Å². The van der Waals surface area contributed by atoms with Crippen LogP contribution in [0.15, 0.2) is 18.2 Å². The largest absolute Gasteiger partial charge is 0.496 e. The monoisotopic (exact) mass is 231 g/mol. The molecular formula is C15H19O2. The van der Waals surface area contributed by atoms with Crippen LogP contribution in [0.4, 0.5) is 0 Å². The highest BCUT2D eigenvalue weighted by atomic mass is 16.5. The molecule has 0 atom stereocenters. The predicted molar refractivity (Wildman–Crippen MR) is 68.2 cm³/mol. The molecule has 2 heteroatoms. The van der Waals surface area contributed by atoms with Crippen molar-refractivity contribution in [3.05, 3.63) is 29.3 Å². The van der Waals surface area contributed by atoms with Crippen LogP contribution in [0.1, 0.15) is 50.2 Å². The molecule has 0 unspecified atom stereocenters. The molecule has 1 radical (unpaired) electrons. The van der Waals surface area contributed by atoms with Crippen LogP contribution in [0, 0.1) is 0 Å². The zero-order valence-corrected chi connectivity index (χ0v) is 10.6. The highest BCUT2D eigenvalue weighted by Crippen LogP contribution is 2.43. The summed E-state index contributed by atoms with van der Waals surface area (Å²) in [6, 6.07) is 5.59. The van der Waals surface area contributed by atoms with E-state index >= 15 is 0 Å². The zero-order valence-electron chi connectivity index (χ0n) is 10.6. The summed E-state index contributed by atoms with van der Waals surface area (Å²) in [5.74, 6) is 0.897. The highest BCUT2D eigenvalue weighted by Gasteiger charge is 2.31. The Morgan fingerprint density at radius 2 is 1.94 bits per heavy atom. The van der Waals surface area contributed by atoms with Crippen LogP contribution >= 0.6 is 0 Å². The van der Waals surface area contributed by atoms with Crippen molar-refractivity contribution in [1.29, 1.82) is 0 Å². The summed E-state index contributed by atoms with van der Waals surface area (Å²) in [6.45, 7) is 2.28. The summed E-state index contributed by atoms with van der Waals surface area (Å²) in [6.07, 6.45) is 8.15. The third kappa shape index (κ3) is 2.36.